The van der Waals surface area contributed by atoms with E-state index < -0.39 is 0 Å². The SMILES string of the molecule is CCOC(=O)Cc1ccc(OC)c(-c2ccc(C)cc2CN(CC)C(=O)N[C@@H](C)c2ccc(Cl)cc2)c1. The van der Waals surface area contributed by atoms with Gasteiger partial charge in [-0.1, -0.05) is 53.6 Å². The van der Waals surface area contributed by atoms with Crippen LogP contribution in [0.2, 0.25) is 5.02 Å². The monoisotopic (exact) mass is 522 g/mol. The van der Waals surface area contributed by atoms with Crippen LogP contribution in [0.3, 0.4) is 0 Å². The van der Waals surface area contributed by atoms with Crippen molar-refractivity contribution in [3.05, 3.63) is 87.9 Å². The average Bonchev–Trinajstić information content (AvgIpc) is 2.87. The standard InChI is InChI=1S/C30H35ClN2O4/c1-6-33(30(35)32-21(4)23-10-12-25(31)13-11-23)19-24-16-20(3)8-14-26(24)27-17-22(9-15-28(27)36-5)18-29(34)37-7-2/h8-17,21H,6-7,18-19H2,1-5H3,(H,32,35)/t21-/m0/s1. The summed E-state index contributed by atoms with van der Waals surface area (Å²) < 4.78 is 10.8. The number of carbonyl (C=O) groups is 2. The molecule has 0 fully saturated rings. The molecule has 196 valence electrons. The molecule has 0 aliphatic heterocycles. The molecule has 0 bridgehead atoms. The first-order valence-corrected chi connectivity index (χ1v) is 12.9. The molecular formula is C30H35ClN2O4. The highest BCUT2D eigenvalue weighted by atomic mass is 35.5. The molecule has 3 rings (SSSR count). The van der Waals surface area contributed by atoms with E-state index in [2.05, 4.69) is 11.4 Å². The lowest BCUT2D eigenvalue weighted by atomic mass is 9.94. The van der Waals surface area contributed by atoms with E-state index in [0.717, 1.165) is 33.4 Å². The number of benzene rings is 3. The van der Waals surface area contributed by atoms with Crippen LogP contribution >= 0.6 is 11.6 Å². The first kappa shape index (κ1) is 28.1. The van der Waals surface area contributed by atoms with Gasteiger partial charge >= 0.3 is 12.0 Å². The van der Waals surface area contributed by atoms with E-state index in [1.54, 1.807) is 18.9 Å². The van der Waals surface area contributed by atoms with Gasteiger partial charge in [0, 0.05) is 23.7 Å². The first-order valence-electron chi connectivity index (χ1n) is 12.5. The van der Waals surface area contributed by atoms with Crippen LogP contribution in [0.15, 0.2) is 60.7 Å². The molecule has 2 amide bonds. The van der Waals surface area contributed by atoms with Crippen molar-refractivity contribution in [1.82, 2.24) is 10.2 Å². The second-order valence-corrected chi connectivity index (χ2v) is 9.35. The minimum absolute atomic E-state index is 0.152. The summed E-state index contributed by atoms with van der Waals surface area (Å²) in [5, 5.41) is 3.75. The summed E-state index contributed by atoms with van der Waals surface area (Å²) in [6.45, 7) is 9.03. The molecule has 0 unspecified atom stereocenters. The van der Waals surface area contributed by atoms with E-state index >= 15 is 0 Å². The largest absolute Gasteiger partial charge is 0.496 e. The Bertz CT molecular complexity index is 1230. The zero-order valence-corrected chi connectivity index (χ0v) is 22.9. The van der Waals surface area contributed by atoms with Crippen molar-refractivity contribution in [3.63, 3.8) is 0 Å². The lowest BCUT2D eigenvalue weighted by molar-refractivity contribution is -0.142. The maximum atomic E-state index is 13.2. The molecule has 3 aromatic carbocycles. The van der Waals surface area contributed by atoms with Gasteiger partial charge in [0.2, 0.25) is 0 Å². The van der Waals surface area contributed by atoms with E-state index in [9.17, 15) is 9.59 Å². The van der Waals surface area contributed by atoms with Gasteiger partial charge in [-0.3, -0.25) is 4.79 Å². The van der Waals surface area contributed by atoms with Gasteiger partial charge in [0.15, 0.2) is 0 Å². The quantitative estimate of drug-likeness (QED) is 0.300. The van der Waals surface area contributed by atoms with Gasteiger partial charge in [0.1, 0.15) is 5.75 Å². The van der Waals surface area contributed by atoms with Crippen LogP contribution in [-0.4, -0.2) is 37.2 Å². The van der Waals surface area contributed by atoms with Crippen molar-refractivity contribution in [2.75, 3.05) is 20.3 Å². The highest BCUT2D eigenvalue weighted by molar-refractivity contribution is 6.30. The number of hydrogen-bond acceptors (Lipinski definition) is 4. The van der Waals surface area contributed by atoms with E-state index in [-0.39, 0.29) is 24.5 Å². The molecule has 0 heterocycles. The van der Waals surface area contributed by atoms with E-state index in [0.29, 0.717) is 30.5 Å². The number of aryl methyl sites for hydroxylation is 1. The highest BCUT2D eigenvalue weighted by Crippen LogP contribution is 2.35. The van der Waals surface area contributed by atoms with Crippen LogP contribution in [-0.2, 0) is 22.5 Å². The van der Waals surface area contributed by atoms with Crippen molar-refractivity contribution in [3.8, 4) is 16.9 Å². The van der Waals surface area contributed by atoms with Crippen molar-refractivity contribution in [2.24, 2.45) is 0 Å². The number of nitrogens with zero attached hydrogens (tertiary/aromatic N) is 1. The summed E-state index contributed by atoms with van der Waals surface area (Å²) in [6, 6.07) is 19.0. The number of esters is 1. The zero-order valence-electron chi connectivity index (χ0n) is 22.1. The molecule has 0 saturated heterocycles. The third-order valence-corrected chi connectivity index (χ3v) is 6.46. The molecule has 0 aromatic heterocycles. The van der Waals surface area contributed by atoms with E-state index in [1.807, 2.05) is 75.4 Å². The van der Waals surface area contributed by atoms with Crippen LogP contribution < -0.4 is 10.1 Å². The molecule has 37 heavy (non-hydrogen) atoms. The topological polar surface area (TPSA) is 67.9 Å². The normalized spacial score (nSPS) is 11.5. The number of ether oxygens (including phenoxy) is 2. The maximum Gasteiger partial charge on any atom is 0.318 e. The van der Waals surface area contributed by atoms with Gasteiger partial charge in [-0.2, -0.15) is 0 Å². The Hall–Kier alpha value is -3.51. The summed E-state index contributed by atoms with van der Waals surface area (Å²) in [5.74, 6) is 0.424. The molecule has 1 atom stereocenters. The van der Waals surface area contributed by atoms with Crippen LogP contribution in [0, 0.1) is 6.92 Å². The first-order chi connectivity index (χ1) is 17.7. The number of nitrogens with one attached hydrogen (secondary N) is 1. The van der Waals surface area contributed by atoms with Gasteiger partial charge in [0.05, 0.1) is 26.2 Å². The fraction of sp³-hybridized carbons (Fsp3) is 0.333. The number of methoxy groups -OCH3 is 1. The Morgan fingerprint density at radius 3 is 2.38 bits per heavy atom. The number of hydrogen-bond donors (Lipinski definition) is 1. The molecule has 3 aromatic rings. The third kappa shape index (κ3) is 7.49. The van der Waals surface area contributed by atoms with E-state index in [4.69, 9.17) is 21.1 Å². The van der Waals surface area contributed by atoms with Crippen molar-refractivity contribution in [1.29, 1.82) is 0 Å². The minimum atomic E-state index is -0.272. The Morgan fingerprint density at radius 2 is 1.73 bits per heavy atom. The van der Waals surface area contributed by atoms with Gasteiger partial charge in [-0.15, -0.1) is 0 Å². The molecule has 1 N–H and O–H groups in total. The summed E-state index contributed by atoms with van der Waals surface area (Å²) >= 11 is 6.01. The fourth-order valence-corrected chi connectivity index (χ4v) is 4.34. The predicted molar refractivity (Wildman–Crippen MR) is 148 cm³/mol. The van der Waals surface area contributed by atoms with Crippen LogP contribution in [0.25, 0.3) is 11.1 Å². The van der Waals surface area contributed by atoms with Crippen molar-refractivity contribution in [2.45, 2.75) is 46.7 Å². The summed E-state index contributed by atoms with van der Waals surface area (Å²) in [5.41, 5.74) is 5.71. The Morgan fingerprint density at radius 1 is 1.00 bits per heavy atom. The lowest BCUT2D eigenvalue weighted by Crippen LogP contribution is -2.40. The van der Waals surface area contributed by atoms with Crippen LogP contribution in [0.1, 0.15) is 49.1 Å². The van der Waals surface area contributed by atoms with Crippen LogP contribution in [0.5, 0.6) is 5.75 Å². The second-order valence-electron chi connectivity index (χ2n) is 8.91. The molecule has 0 aliphatic carbocycles. The Balaban J connectivity index is 1.89. The summed E-state index contributed by atoms with van der Waals surface area (Å²) in [6.07, 6.45) is 0.179. The molecule has 6 nitrogen and oxygen atoms in total. The number of urea groups is 1. The van der Waals surface area contributed by atoms with Gasteiger partial charge < -0.3 is 19.7 Å². The second kappa shape index (κ2) is 13.2. The number of rotatable bonds is 10. The predicted octanol–water partition coefficient (Wildman–Crippen LogP) is 6.72. The molecular weight excluding hydrogens is 488 g/mol. The highest BCUT2D eigenvalue weighted by Gasteiger charge is 2.19. The van der Waals surface area contributed by atoms with Gasteiger partial charge in [-0.25, -0.2) is 4.79 Å². The molecule has 0 radical (unpaired) electrons. The molecule has 7 heteroatoms. The molecule has 0 aliphatic rings. The van der Waals surface area contributed by atoms with Gasteiger partial charge in [-0.05, 0) is 74.2 Å². The molecule has 0 spiro atoms. The fourth-order valence-electron chi connectivity index (χ4n) is 4.21. The number of halogens is 1. The Kier molecular flexibility index (Phi) is 9.98. The van der Waals surface area contributed by atoms with Crippen molar-refractivity contribution >= 4 is 23.6 Å². The zero-order chi connectivity index (χ0) is 26.9. The van der Waals surface area contributed by atoms with Gasteiger partial charge in [0.25, 0.3) is 0 Å². The smallest absolute Gasteiger partial charge is 0.318 e. The van der Waals surface area contributed by atoms with E-state index in [1.165, 1.54) is 0 Å². The van der Waals surface area contributed by atoms with Crippen molar-refractivity contribution < 1.29 is 19.1 Å². The average molecular weight is 523 g/mol. The third-order valence-electron chi connectivity index (χ3n) is 6.21. The van der Waals surface area contributed by atoms with Crippen LogP contribution in [0.4, 0.5) is 4.79 Å². The number of carbonyl (C=O) groups excluding carboxylic acids is 2. The minimum Gasteiger partial charge on any atom is -0.496 e. The summed E-state index contributed by atoms with van der Waals surface area (Å²) in [4.78, 5) is 27.1. The maximum absolute atomic E-state index is 13.2. The summed E-state index contributed by atoms with van der Waals surface area (Å²) in [7, 11) is 1.63. The lowest BCUT2D eigenvalue weighted by Gasteiger charge is -2.26. The number of amides is 2. The molecule has 0 saturated carbocycles. The Labute approximate surface area is 224 Å².